The maximum atomic E-state index is 11.5. The molecule has 7 nitrogen and oxygen atoms in total. The van der Waals surface area contributed by atoms with Crippen molar-refractivity contribution >= 4 is 21.8 Å². The molecule has 1 aromatic carbocycles. The zero-order valence-electron chi connectivity index (χ0n) is 10.7. The van der Waals surface area contributed by atoms with E-state index in [1.54, 1.807) is 17.9 Å². The first-order valence-electron chi connectivity index (χ1n) is 5.82. The van der Waals surface area contributed by atoms with Gasteiger partial charge in [-0.2, -0.15) is 0 Å². The first kappa shape index (κ1) is 13.8. The molecule has 19 heavy (non-hydrogen) atoms. The third kappa shape index (κ3) is 2.41. The highest BCUT2D eigenvalue weighted by Gasteiger charge is 2.33. The van der Waals surface area contributed by atoms with Crippen molar-refractivity contribution in [3.05, 3.63) is 11.6 Å². The standard InChI is InChI=1S/C11H16N2O5S/c1-3-13(4-5-14)10-8-6-7(2)9(12)11(10)18-19(15,16)17-8/h6,14H,3-5,12H2,1-2H3. The van der Waals surface area contributed by atoms with Crippen LogP contribution in [0, 0.1) is 6.92 Å². The van der Waals surface area contributed by atoms with E-state index in [1.807, 2.05) is 6.92 Å². The van der Waals surface area contributed by atoms with E-state index in [4.69, 9.17) is 19.2 Å². The Morgan fingerprint density at radius 3 is 2.68 bits per heavy atom. The molecular formula is C11H16N2O5S. The Balaban J connectivity index is 2.62. The summed E-state index contributed by atoms with van der Waals surface area (Å²) >= 11 is 0. The number of aliphatic hydroxyl groups is 1. The summed E-state index contributed by atoms with van der Waals surface area (Å²) in [6.45, 7) is 4.41. The Morgan fingerprint density at radius 1 is 1.42 bits per heavy atom. The Kier molecular flexibility index (Phi) is 3.46. The Bertz CT molecular complexity index is 600. The maximum Gasteiger partial charge on any atom is 0.501 e. The van der Waals surface area contributed by atoms with Crippen molar-refractivity contribution in [3.63, 3.8) is 0 Å². The molecule has 8 heteroatoms. The van der Waals surface area contributed by atoms with Crippen LogP contribution in [0.5, 0.6) is 11.5 Å². The lowest BCUT2D eigenvalue weighted by atomic mass is 10.1. The summed E-state index contributed by atoms with van der Waals surface area (Å²) in [4.78, 5) is 1.75. The molecule has 0 aromatic heterocycles. The molecule has 1 aliphatic heterocycles. The van der Waals surface area contributed by atoms with Gasteiger partial charge in [0.2, 0.25) is 0 Å². The number of hydrogen-bond donors (Lipinski definition) is 2. The fourth-order valence-corrected chi connectivity index (χ4v) is 2.74. The quantitative estimate of drug-likeness (QED) is 0.774. The molecule has 0 aliphatic carbocycles. The number of likely N-dealkylation sites (N-methyl/N-ethyl adjacent to an activating group) is 1. The van der Waals surface area contributed by atoms with E-state index in [1.165, 1.54) is 0 Å². The fraction of sp³-hybridized carbons (Fsp3) is 0.455. The largest absolute Gasteiger partial charge is 0.501 e. The zero-order chi connectivity index (χ0) is 14.2. The van der Waals surface area contributed by atoms with E-state index >= 15 is 0 Å². The summed E-state index contributed by atoms with van der Waals surface area (Å²) in [6.07, 6.45) is 0. The van der Waals surface area contributed by atoms with Crippen LogP contribution in [-0.2, 0) is 10.4 Å². The van der Waals surface area contributed by atoms with Gasteiger partial charge in [0.15, 0.2) is 11.5 Å². The maximum absolute atomic E-state index is 11.5. The number of aliphatic hydroxyl groups excluding tert-OH is 1. The molecule has 0 saturated carbocycles. The van der Waals surface area contributed by atoms with Crippen LogP contribution < -0.4 is 19.0 Å². The zero-order valence-corrected chi connectivity index (χ0v) is 11.5. The van der Waals surface area contributed by atoms with E-state index < -0.39 is 10.4 Å². The minimum absolute atomic E-state index is 0.0663. The number of hydrogen-bond acceptors (Lipinski definition) is 7. The van der Waals surface area contributed by atoms with Crippen molar-refractivity contribution in [2.75, 3.05) is 30.3 Å². The number of nitrogens with zero attached hydrogens (tertiary/aromatic N) is 1. The second-order valence-electron chi connectivity index (χ2n) is 4.16. The normalized spacial score (nSPS) is 15.5. The monoisotopic (exact) mass is 288 g/mol. The van der Waals surface area contributed by atoms with Gasteiger partial charge < -0.3 is 24.1 Å². The fourth-order valence-electron chi connectivity index (χ4n) is 1.99. The minimum Gasteiger partial charge on any atom is -0.395 e. The Labute approximate surface area is 111 Å². The van der Waals surface area contributed by atoms with Gasteiger partial charge in [0.05, 0.1) is 12.3 Å². The highest BCUT2D eigenvalue weighted by atomic mass is 32.3. The van der Waals surface area contributed by atoms with Crippen molar-refractivity contribution in [1.82, 2.24) is 0 Å². The SMILES string of the molecule is CCN(CCO)c1c2cc(C)c(N)c1OS(=O)(=O)O2. The van der Waals surface area contributed by atoms with Crippen molar-refractivity contribution in [1.29, 1.82) is 0 Å². The predicted octanol–water partition coefficient (Wildman–Crippen LogP) is 0.412. The van der Waals surface area contributed by atoms with Crippen LogP contribution in [-0.4, -0.2) is 33.2 Å². The summed E-state index contributed by atoms with van der Waals surface area (Å²) in [5.41, 5.74) is 7.25. The smallest absolute Gasteiger partial charge is 0.395 e. The molecule has 0 amide bonds. The molecule has 0 saturated heterocycles. The molecule has 1 aliphatic rings. The van der Waals surface area contributed by atoms with E-state index in [-0.39, 0.29) is 23.8 Å². The van der Waals surface area contributed by atoms with Gasteiger partial charge in [-0.25, -0.2) is 0 Å². The average molecular weight is 288 g/mol. The summed E-state index contributed by atoms with van der Waals surface area (Å²) in [5.74, 6) is 0.236. The van der Waals surface area contributed by atoms with Gasteiger partial charge in [0, 0.05) is 13.1 Å². The van der Waals surface area contributed by atoms with Gasteiger partial charge in [0.1, 0.15) is 5.69 Å². The van der Waals surface area contributed by atoms with Crippen LogP contribution in [0.15, 0.2) is 6.07 Å². The van der Waals surface area contributed by atoms with Gasteiger partial charge in [-0.05, 0) is 25.5 Å². The third-order valence-electron chi connectivity index (χ3n) is 2.91. The molecule has 0 atom stereocenters. The molecule has 0 spiro atoms. The Morgan fingerprint density at radius 2 is 2.11 bits per heavy atom. The molecular weight excluding hydrogens is 272 g/mol. The minimum atomic E-state index is -4.12. The van der Waals surface area contributed by atoms with Crippen molar-refractivity contribution in [2.45, 2.75) is 13.8 Å². The van der Waals surface area contributed by atoms with Crippen LogP contribution >= 0.6 is 0 Å². The number of rotatable bonds is 4. The van der Waals surface area contributed by atoms with Crippen molar-refractivity contribution in [2.24, 2.45) is 0 Å². The molecule has 2 bridgehead atoms. The van der Waals surface area contributed by atoms with Gasteiger partial charge in [-0.15, -0.1) is 8.42 Å². The van der Waals surface area contributed by atoms with Crippen molar-refractivity contribution < 1.29 is 21.9 Å². The third-order valence-corrected chi connectivity index (χ3v) is 3.67. The topological polar surface area (TPSA) is 102 Å². The Hall–Kier alpha value is -1.67. The van der Waals surface area contributed by atoms with E-state index in [9.17, 15) is 8.42 Å². The van der Waals surface area contributed by atoms with E-state index in [0.717, 1.165) is 0 Å². The molecule has 1 heterocycles. The average Bonchev–Trinajstić information content (AvgIpc) is 2.32. The number of nitrogen functional groups attached to an aromatic ring is 1. The van der Waals surface area contributed by atoms with Crippen molar-refractivity contribution in [3.8, 4) is 11.5 Å². The highest BCUT2D eigenvalue weighted by Crippen LogP contribution is 2.48. The highest BCUT2D eigenvalue weighted by molar-refractivity contribution is 7.82. The predicted molar refractivity (Wildman–Crippen MR) is 70.7 cm³/mol. The van der Waals surface area contributed by atoms with Gasteiger partial charge >= 0.3 is 10.4 Å². The molecule has 0 unspecified atom stereocenters. The lowest BCUT2D eigenvalue weighted by Gasteiger charge is -2.30. The number of anilines is 2. The first-order valence-corrected chi connectivity index (χ1v) is 7.15. The second-order valence-corrected chi connectivity index (χ2v) is 5.31. The summed E-state index contributed by atoms with van der Waals surface area (Å²) < 4.78 is 32.6. The molecule has 1 aromatic rings. The number of benzene rings is 1. The van der Waals surface area contributed by atoms with E-state index in [2.05, 4.69) is 0 Å². The number of nitrogens with two attached hydrogens (primary N) is 1. The first-order chi connectivity index (χ1) is 8.89. The molecule has 106 valence electrons. The molecule has 0 fully saturated rings. The second kappa shape index (κ2) is 4.78. The summed E-state index contributed by atoms with van der Waals surface area (Å²) in [5, 5.41) is 9.06. The molecule has 2 rings (SSSR count). The van der Waals surface area contributed by atoms with Gasteiger partial charge in [-0.3, -0.25) is 0 Å². The van der Waals surface area contributed by atoms with E-state index in [0.29, 0.717) is 24.3 Å². The molecule has 0 radical (unpaired) electrons. The van der Waals surface area contributed by atoms with Gasteiger partial charge in [0.25, 0.3) is 0 Å². The molecule has 3 N–H and O–H groups in total. The lowest BCUT2D eigenvalue weighted by Crippen LogP contribution is -2.31. The lowest BCUT2D eigenvalue weighted by molar-refractivity contribution is 0.301. The van der Waals surface area contributed by atoms with Crippen LogP contribution in [0.4, 0.5) is 11.4 Å². The summed E-state index contributed by atoms with van der Waals surface area (Å²) in [7, 11) is -4.12. The van der Waals surface area contributed by atoms with Crippen LogP contribution in [0.3, 0.4) is 0 Å². The van der Waals surface area contributed by atoms with Gasteiger partial charge in [-0.1, -0.05) is 0 Å². The number of aryl methyl sites for hydroxylation is 1. The van der Waals surface area contributed by atoms with Crippen LogP contribution in [0.1, 0.15) is 12.5 Å². The number of fused-ring (bicyclic) bond motifs is 2. The summed E-state index contributed by atoms with van der Waals surface area (Å²) in [6, 6.07) is 1.55. The van der Waals surface area contributed by atoms with Crippen LogP contribution in [0.25, 0.3) is 0 Å². The van der Waals surface area contributed by atoms with Crippen LogP contribution in [0.2, 0.25) is 0 Å².